The van der Waals surface area contributed by atoms with Gasteiger partial charge in [-0.3, -0.25) is 0 Å². The van der Waals surface area contributed by atoms with Crippen molar-refractivity contribution in [1.29, 1.82) is 0 Å². The molecule has 26 heavy (non-hydrogen) atoms. The number of aliphatic hydroxyl groups is 3. The molecule has 0 spiro atoms. The van der Waals surface area contributed by atoms with E-state index in [-0.39, 0.29) is 12.5 Å². The molecular formula is C22H21NO3. The lowest BCUT2D eigenvalue weighted by Crippen LogP contribution is -2.33. The highest BCUT2D eigenvalue weighted by atomic mass is 16.3. The van der Waals surface area contributed by atoms with Crippen LogP contribution in [0.3, 0.4) is 0 Å². The smallest absolute Gasteiger partial charge is 0.0841 e. The van der Waals surface area contributed by atoms with Crippen molar-refractivity contribution in [3.63, 3.8) is 0 Å². The fraction of sp³-hybridized carbons (Fsp3) is 0.273. The zero-order valence-corrected chi connectivity index (χ0v) is 14.3. The molecule has 0 bridgehead atoms. The van der Waals surface area contributed by atoms with Crippen molar-refractivity contribution in [2.75, 3.05) is 24.6 Å². The zero-order valence-electron chi connectivity index (χ0n) is 14.3. The average molecular weight is 347 g/mol. The summed E-state index contributed by atoms with van der Waals surface area (Å²) < 4.78 is 0. The van der Waals surface area contributed by atoms with Crippen LogP contribution in [0.15, 0.2) is 54.6 Å². The van der Waals surface area contributed by atoms with Crippen LogP contribution >= 0.6 is 0 Å². The van der Waals surface area contributed by atoms with Crippen molar-refractivity contribution < 1.29 is 15.3 Å². The minimum absolute atomic E-state index is 0.325. The summed E-state index contributed by atoms with van der Waals surface area (Å²) in [6.07, 6.45) is -1.54. The van der Waals surface area contributed by atoms with E-state index in [4.69, 9.17) is 0 Å². The van der Waals surface area contributed by atoms with E-state index in [0.717, 1.165) is 11.1 Å². The first-order valence-electron chi connectivity index (χ1n) is 9.06. The maximum Gasteiger partial charge on any atom is 0.0841 e. The van der Waals surface area contributed by atoms with Gasteiger partial charge in [0.1, 0.15) is 0 Å². The molecule has 1 aliphatic rings. The van der Waals surface area contributed by atoms with Crippen molar-refractivity contribution in [2.24, 2.45) is 5.92 Å². The lowest BCUT2D eigenvalue weighted by molar-refractivity contribution is 0.00708. The summed E-state index contributed by atoms with van der Waals surface area (Å²) in [5.41, 5.74) is 1.07. The van der Waals surface area contributed by atoms with Gasteiger partial charge in [-0.05, 0) is 33.0 Å². The fourth-order valence-corrected chi connectivity index (χ4v) is 4.52. The minimum Gasteiger partial charge on any atom is -0.394 e. The number of β-amino-alcohol motifs (C(OH)–C–C–N with tert-alkyl or cyclic N) is 1. The summed E-state index contributed by atoms with van der Waals surface area (Å²) in [7, 11) is 0. The Labute approximate surface area is 151 Å². The molecule has 3 atom stereocenters. The van der Waals surface area contributed by atoms with Gasteiger partial charge in [0.05, 0.1) is 18.8 Å². The van der Waals surface area contributed by atoms with Gasteiger partial charge in [-0.25, -0.2) is 0 Å². The number of benzene rings is 4. The Morgan fingerprint density at radius 1 is 0.885 bits per heavy atom. The molecule has 4 aromatic carbocycles. The van der Waals surface area contributed by atoms with Gasteiger partial charge >= 0.3 is 0 Å². The zero-order chi connectivity index (χ0) is 17.8. The van der Waals surface area contributed by atoms with Crippen LogP contribution in [0.25, 0.3) is 32.3 Å². The second kappa shape index (κ2) is 5.81. The molecule has 0 radical (unpaired) electrons. The summed E-state index contributed by atoms with van der Waals surface area (Å²) in [6, 6.07) is 19.2. The lowest BCUT2D eigenvalue weighted by atomic mass is 9.93. The fourth-order valence-electron chi connectivity index (χ4n) is 4.52. The predicted octanol–water partition coefficient (Wildman–Crippen LogP) is 2.73. The molecule has 0 saturated carbocycles. The molecule has 0 unspecified atom stereocenters. The predicted molar refractivity (Wildman–Crippen MR) is 105 cm³/mol. The molecule has 132 valence electrons. The molecule has 0 aliphatic carbocycles. The lowest BCUT2D eigenvalue weighted by Gasteiger charge is -2.23. The maximum absolute atomic E-state index is 10.4. The Kier molecular flexibility index (Phi) is 3.54. The Hall–Kier alpha value is -2.40. The number of rotatable bonds is 3. The summed E-state index contributed by atoms with van der Waals surface area (Å²) in [6.45, 7) is 0.673. The van der Waals surface area contributed by atoms with E-state index in [9.17, 15) is 15.3 Å². The molecule has 5 rings (SSSR count). The SMILES string of the molecule is OC[C@@H](O)[C@H]1CN(c2ccc3ccc4cccc5ccc2c3c45)C[C@@H]1O. The van der Waals surface area contributed by atoms with E-state index < -0.39 is 12.2 Å². The van der Waals surface area contributed by atoms with Crippen LogP contribution in [0.5, 0.6) is 0 Å². The van der Waals surface area contributed by atoms with Crippen LogP contribution in [0.4, 0.5) is 5.69 Å². The maximum atomic E-state index is 10.4. The largest absolute Gasteiger partial charge is 0.394 e. The normalized spacial score (nSPS) is 22.0. The number of anilines is 1. The van der Waals surface area contributed by atoms with Crippen LogP contribution < -0.4 is 4.90 Å². The third-order valence-corrected chi connectivity index (χ3v) is 5.86. The van der Waals surface area contributed by atoms with Crippen LogP contribution in [0.1, 0.15) is 0 Å². The first kappa shape index (κ1) is 15.8. The Balaban J connectivity index is 1.70. The van der Waals surface area contributed by atoms with Gasteiger partial charge in [0.25, 0.3) is 0 Å². The van der Waals surface area contributed by atoms with Crippen molar-refractivity contribution in [3.05, 3.63) is 54.6 Å². The molecule has 1 fully saturated rings. The van der Waals surface area contributed by atoms with E-state index in [1.54, 1.807) is 0 Å². The van der Waals surface area contributed by atoms with Gasteiger partial charge in [0, 0.05) is 30.1 Å². The number of nitrogens with zero attached hydrogens (tertiary/aromatic N) is 1. The molecule has 1 aliphatic heterocycles. The first-order chi connectivity index (χ1) is 12.7. The highest BCUT2D eigenvalue weighted by Crippen LogP contribution is 2.40. The summed E-state index contributed by atoms with van der Waals surface area (Å²) in [4.78, 5) is 2.13. The first-order valence-corrected chi connectivity index (χ1v) is 9.06. The van der Waals surface area contributed by atoms with E-state index in [2.05, 4.69) is 59.5 Å². The third-order valence-electron chi connectivity index (χ3n) is 5.86. The second-order valence-electron chi connectivity index (χ2n) is 7.33. The highest BCUT2D eigenvalue weighted by molar-refractivity contribution is 6.25. The van der Waals surface area contributed by atoms with Gasteiger partial charge in [-0.15, -0.1) is 0 Å². The molecule has 1 heterocycles. The van der Waals surface area contributed by atoms with Crippen LogP contribution in [0.2, 0.25) is 0 Å². The van der Waals surface area contributed by atoms with Crippen LogP contribution in [0, 0.1) is 5.92 Å². The summed E-state index contributed by atoms with van der Waals surface area (Å²) in [5.74, 6) is -0.335. The van der Waals surface area contributed by atoms with E-state index in [1.165, 1.54) is 26.9 Å². The third kappa shape index (κ3) is 2.20. The van der Waals surface area contributed by atoms with Gasteiger partial charge < -0.3 is 20.2 Å². The Bertz CT molecular complexity index is 1080. The van der Waals surface area contributed by atoms with Gasteiger partial charge in [0.2, 0.25) is 0 Å². The van der Waals surface area contributed by atoms with Crippen molar-refractivity contribution in [2.45, 2.75) is 12.2 Å². The highest BCUT2D eigenvalue weighted by Gasteiger charge is 2.36. The molecule has 4 nitrogen and oxygen atoms in total. The van der Waals surface area contributed by atoms with E-state index in [0.29, 0.717) is 13.1 Å². The molecule has 1 saturated heterocycles. The standard InChI is InChI=1S/C22H21NO3/c24-12-20(26)17-10-23(11-19(17)25)18-9-7-15-5-4-13-2-1-3-14-6-8-16(18)22(15)21(13)14/h1-9,17,19-20,24-26H,10-12H2/t17-,19-,20+/m0/s1. The number of hydrogen-bond donors (Lipinski definition) is 3. The molecule has 0 aromatic heterocycles. The molecule has 0 amide bonds. The quantitative estimate of drug-likeness (QED) is 0.499. The Morgan fingerprint density at radius 3 is 2.27 bits per heavy atom. The summed E-state index contributed by atoms with van der Waals surface area (Å²) >= 11 is 0. The number of hydrogen-bond acceptors (Lipinski definition) is 4. The van der Waals surface area contributed by atoms with E-state index in [1.807, 2.05) is 0 Å². The topological polar surface area (TPSA) is 63.9 Å². The van der Waals surface area contributed by atoms with Gasteiger partial charge in [-0.2, -0.15) is 0 Å². The van der Waals surface area contributed by atoms with Crippen LogP contribution in [-0.4, -0.2) is 47.2 Å². The molecular weight excluding hydrogens is 326 g/mol. The van der Waals surface area contributed by atoms with Gasteiger partial charge in [0.15, 0.2) is 0 Å². The van der Waals surface area contributed by atoms with Crippen molar-refractivity contribution in [1.82, 2.24) is 0 Å². The van der Waals surface area contributed by atoms with Crippen molar-refractivity contribution in [3.8, 4) is 0 Å². The summed E-state index contributed by atoms with van der Waals surface area (Å²) in [5, 5.41) is 36.9. The molecule has 3 N–H and O–H groups in total. The van der Waals surface area contributed by atoms with Gasteiger partial charge in [-0.1, -0.05) is 48.5 Å². The minimum atomic E-state index is -0.894. The van der Waals surface area contributed by atoms with E-state index >= 15 is 0 Å². The Morgan fingerprint density at radius 2 is 1.54 bits per heavy atom. The molecule has 4 aromatic rings. The van der Waals surface area contributed by atoms with Crippen LogP contribution in [-0.2, 0) is 0 Å². The monoisotopic (exact) mass is 347 g/mol. The molecule has 4 heteroatoms. The second-order valence-corrected chi connectivity index (χ2v) is 7.33. The average Bonchev–Trinajstić information content (AvgIpc) is 3.07. The number of aliphatic hydroxyl groups excluding tert-OH is 3. The van der Waals surface area contributed by atoms with Crippen molar-refractivity contribution >= 4 is 38.0 Å².